The van der Waals surface area contributed by atoms with E-state index in [4.69, 9.17) is 0 Å². The van der Waals surface area contributed by atoms with Crippen LogP contribution < -0.4 is 0 Å². The van der Waals surface area contributed by atoms with Crippen LogP contribution in [0, 0.1) is 22.7 Å². The molecule has 0 aliphatic heterocycles. The van der Waals surface area contributed by atoms with Gasteiger partial charge in [-0.1, -0.05) is 51.5 Å². The highest BCUT2D eigenvalue weighted by atomic mass is 16.1. The predicted molar refractivity (Wildman–Crippen MR) is 90.4 cm³/mol. The molecule has 0 aromatic rings. The number of ketones is 1. The Morgan fingerprint density at radius 2 is 1.95 bits per heavy atom. The first-order valence-corrected chi connectivity index (χ1v) is 8.32. The molecule has 0 bridgehead atoms. The summed E-state index contributed by atoms with van der Waals surface area (Å²) in [4.78, 5) is 22.8. The van der Waals surface area contributed by atoms with Gasteiger partial charge in [-0.05, 0) is 54.6 Å². The molecule has 0 radical (unpaired) electrons. The minimum atomic E-state index is -0.0344. The molecule has 0 amide bonds. The molecule has 0 aromatic heterocycles. The second kappa shape index (κ2) is 6.36. The van der Waals surface area contributed by atoms with E-state index in [0.717, 1.165) is 24.7 Å². The molecule has 1 fully saturated rings. The number of hydrogen-bond donors (Lipinski definition) is 0. The van der Waals surface area contributed by atoms with Crippen LogP contribution in [0.3, 0.4) is 0 Å². The molecular weight excluding hydrogens is 272 g/mol. The summed E-state index contributed by atoms with van der Waals surface area (Å²) >= 11 is 0. The van der Waals surface area contributed by atoms with Crippen molar-refractivity contribution in [3.05, 3.63) is 36.0 Å². The lowest BCUT2D eigenvalue weighted by Crippen LogP contribution is -2.49. The van der Waals surface area contributed by atoms with Gasteiger partial charge in [0.25, 0.3) is 0 Å². The predicted octanol–water partition coefficient (Wildman–Crippen LogP) is 4.67. The smallest absolute Gasteiger partial charge is 0.152 e. The number of carbonyl (C=O) groups excluding carboxylic acids is 2. The van der Waals surface area contributed by atoms with Crippen LogP contribution in [0.2, 0.25) is 0 Å². The molecule has 2 nitrogen and oxygen atoms in total. The fraction of sp³-hybridized carbons (Fsp3) is 0.600. The summed E-state index contributed by atoms with van der Waals surface area (Å²) in [6.45, 7) is 8.53. The van der Waals surface area contributed by atoms with E-state index in [9.17, 15) is 9.59 Å². The van der Waals surface area contributed by atoms with Crippen LogP contribution in [0.5, 0.6) is 0 Å². The SMILES string of the molecule is CC(=O)/C=C/C=C/C1=CCC2C(C)(C)CCC[C@]2(C)[C@H]1C=O. The van der Waals surface area contributed by atoms with Gasteiger partial charge < -0.3 is 4.79 Å². The standard InChI is InChI=1S/C20H28O2/c1-15(22)8-5-6-9-16-10-11-18-19(2,3)12-7-13-20(18,4)17(16)14-21/h5-6,8-10,14,17-18H,7,11-13H2,1-4H3/b8-5+,9-6+/t17-,18?,20+/m0/s1. The van der Waals surface area contributed by atoms with Gasteiger partial charge in [-0.2, -0.15) is 0 Å². The lowest BCUT2D eigenvalue weighted by atomic mass is 9.49. The molecule has 0 N–H and O–H groups in total. The van der Waals surface area contributed by atoms with Gasteiger partial charge in [0.05, 0.1) is 0 Å². The zero-order chi connectivity index (χ0) is 16.4. The van der Waals surface area contributed by atoms with Crippen LogP contribution in [0.25, 0.3) is 0 Å². The van der Waals surface area contributed by atoms with E-state index in [0.29, 0.717) is 11.3 Å². The first kappa shape index (κ1) is 16.9. The highest BCUT2D eigenvalue weighted by Crippen LogP contribution is 2.59. The maximum atomic E-state index is 11.8. The van der Waals surface area contributed by atoms with Gasteiger partial charge >= 0.3 is 0 Å². The Balaban J connectivity index is 2.29. The van der Waals surface area contributed by atoms with Crippen LogP contribution in [0.4, 0.5) is 0 Å². The molecular formula is C20H28O2. The molecule has 0 aromatic carbocycles. The molecule has 0 spiro atoms. The normalized spacial score (nSPS) is 34.5. The van der Waals surface area contributed by atoms with Crippen molar-refractivity contribution < 1.29 is 9.59 Å². The highest BCUT2D eigenvalue weighted by molar-refractivity contribution is 5.87. The zero-order valence-electron chi connectivity index (χ0n) is 14.3. The summed E-state index contributed by atoms with van der Waals surface area (Å²) in [6.07, 6.45) is 15.2. The Labute approximate surface area is 134 Å². The van der Waals surface area contributed by atoms with E-state index in [1.165, 1.54) is 19.8 Å². The van der Waals surface area contributed by atoms with Crippen LogP contribution in [0.1, 0.15) is 53.4 Å². The maximum absolute atomic E-state index is 11.8. The van der Waals surface area contributed by atoms with Gasteiger partial charge in [-0.3, -0.25) is 4.79 Å². The highest BCUT2D eigenvalue weighted by Gasteiger charge is 2.52. The lowest BCUT2D eigenvalue weighted by molar-refractivity contribution is -0.119. The molecule has 3 atom stereocenters. The Hall–Kier alpha value is -1.44. The number of aldehydes is 1. The minimum absolute atomic E-state index is 0.0344. The molecule has 0 heterocycles. The average molecular weight is 300 g/mol. The monoisotopic (exact) mass is 300 g/mol. The summed E-state index contributed by atoms with van der Waals surface area (Å²) in [5.41, 5.74) is 1.47. The Kier molecular flexibility index (Phi) is 4.89. The number of allylic oxidation sites excluding steroid dienone is 6. The first-order chi connectivity index (χ1) is 10.3. The zero-order valence-corrected chi connectivity index (χ0v) is 14.3. The Morgan fingerprint density at radius 1 is 1.23 bits per heavy atom. The van der Waals surface area contributed by atoms with Gasteiger partial charge in [0.1, 0.15) is 6.29 Å². The molecule has 1 saturated carbocycles. The second-order valence-corrected chi connectivity index (χ2v) is 7.78. The third-order valence-electron chi connectivity index (χ3n) is 5.80. The van der Waals surface area contributed by atoms with Crippen molar-refractivity contribution in [2.75, 3.05) is 0 Å². The van der Waals surface area contributed by atoms with E-state index in [2.05, 4.69) is 26.8 Å². The van der Waals surface area contributed by atoms with Crippen molar-refractivity contribution >= 4 is 12.1 Å². The molecule has 22 heavy (non-hydrogen) atoms. The van der Waals surface area contributed by atoms with Crippen LogP contribution in [0.15, 0.2) is 36.0 Å². The van der Waals surface area contributed by atoms with Crippen molar-refractivity contribution in [1.29, 1.82) is 0 Å². The number of fused-ring (bicyclic) bond motifs is 1. The number of rotatable bonds is 4. The fourth-order valence-electron chi connectivity index (χ4n) is 4.65. The Bertz CT molecular complexity index is 536. The average Bonchev–Trinajstić information content (AvgIpc) is 2.42. The summed E-state index contributed by atoms with van der Waals surface area (Å²) in [6, 6.07) is 0. The third kappa shape index (κ3) is 3.16. The lowest BCUT2D eigenvalue weighted by Gasteiger charge is -2.55. The largest absolute Gasteiger partial charge is 0.303 e. The van der Waals surface area contributed by atoms with Crippen LogP contribution >= 0.6 is 0 Å². The number of hydrogen-bond acceptors (Lipinski definition) is 2. The fourth-order valence-corrected chi connectivity index (χ4v) is 4.65. The van der Waals surface area contributed by atoms with E-state index in [1.807, 2.05) is 12.2 Å². The first-order valence-electron chi connectivity index (χ1n) is 8.32. The van der Waals surface area contributed by atoms with Gasteiger partial charge in [-0.15, -0.1) is 0 Å². The summed E-state index contributed by atoms with van der Waals surface area (Å²) < 4.78 is 0. The molecule has 1 unspecified atom stereocenters. The Morgan fingerprint density at radius 3 is 2.59 bits per heavy atom. The second-order valence-electron chi connectivity index (χ2n) is 7.78. The van der Waals surface area contributed by atoms with E-state index in [1.54, 1.807) is 12.2 Å². The van der Waals surface area contributed by atoms with E-state index in [-0.39, 0.29) is 17.1 Å². The molecule has 2 aliphatic carbocycles. The third-order valence-corrected chi connectivity index (χ3v) is 5.80. The quantitative estimate of drug-likeness (QED) is 0.430. The molecule has 120 valence electrons. The molecule has 2 rings (SSSR count). The van der Waals surface area contributed by atoms with E-state index < -0.39 is 0 Å². The van der Waals surface area contributed by atoms with Gasteiger partial charge in [0.2, 0.25) is 0 Å². The topological polar surface area (TPSA) is 34.1 Å². The van der Waals surface area contributed by atoms with Gasteiger partial charge in [0, 0.05) is 5.92 Å². The maximum Gasteiger partial charge on any atom is 0.152 e. The van der Waals surface area contributed by atoms with Crippen LogP contribution in [-0.4, -0.2) is 12.1 Å². The van der Waals surface area contributed by atoms with Crippen molar-refractivity contribution in [2.24, 2.45) is 22.7 Å². The van der Waals surface area contributed by atoms with Gasteiger partial charge in [0.15, 0.2) is 5.78 Å². The summed E-state index contributed by atoms with van der Waals surface area (Å²) in [5, 5.41) is 0. The minimum Gasteiger partial charge on any atom is -0.303 e. The summed E-state index contributed by atoms with van der Waals surface area (Å²) in [5.74, 6) is 0.567. The van der Waals surface area contributed by atoms with Crippen molar-refractivity contribution in [1.82, 2.24) is 0 Å². The van der Waals surface area contributed by atoms with Gasteiger partial charge in [-0.25, -0.2) is 0 Å². The van der Waals surface area contributed by atoms with Crippen molar-refractivity contribution in [3.63, 3.8) is 0 Å². The van der Waals surface area contributed by atoms with E-state index >= 15 is 0 Å². The summed E-state index contributed by atoms with van der Waals surface area (Å²) in [7, 11) is 0. The van der Waals surface area contributed by atoms with Crippen molar-refractivity contribution in [3.8, 4) is 0 Å². The molecule has 2 heteroatoms. The number of carbonyl (C=O) groups is 2. The molecule has 0 saturated heterocycles. The molecule has 2 aliphatic rings. The van der Waals surface area contributed by atoms with Crippen molar-refractivity contribution in [2.45, 2.75) is 53.4 Å². The van der Waals surface area contributed by atoms with Crippen LogP contribution in [-0.2, 0) is 9.59 Å².